The number of nitrogens with one attached hydrogen (secondary N) is 1. The third-order valence-corrected chi connectivity index (χ3v) is 9.92. The average Bonchev–Trinajstić information content (AvgIpc) is 3.54. The zero-order valence-electron chi connectivity index (χ0n) is 20.2. The van der Waals surface area contributed by atoms with E-state index in [-0.39, 0.29) is 41.7 Å². The lowest BCUT2D eigenvalue weighted by Gasteiger charge is -2.58. The summed E-state index contributed by atoms with van der Waals surface area (Å²) in [5.74, 6) is -2.30. The summed E-state index contributed by atoms with van der Waals surface area (Å²) in [6.07, 6.45) is 6.50. The molecule has 7 atom stereocenters. The van der Waals surface area contributed by atoms with E-state index >= 15 is 0 Å². The van der Waals surface area contributed by atoms with Crippen molar-refractivity contribution in [1.82, 2.24) is 10.2 Å². The summed E-state index contributed by atoms with van der Waals surface area (Å²) in [6.45, 7) is 6.16. The predicted octanol–water partition coefficient (Wildman–Crippen LogP) is 3.58. The van der Waals surface area contributed by atoms with Gasteiger partial charge in [0.05, 0.1) is 12.0 Å². The molecule has 4 bridgehead atoms. The van der Waals surface area contributed by atoms with Gasteiger partial charge in [0.15, 0.2) is 5.69 Å². The number of carboxylic acids is 2. The van der Waals surface area contributed by atoms with Crippen LogP contribution in [0.4, 0.5) is 0 Å². The second-order valence-electron chi connectivity index (χ2n) is 11.3. The van der Waals surface area contributed by atoms with Gasteiger partial charge in [0, 0.05) is 11.5 Å². The molecule has 0 aromatic carbocycles. The maximum Gasteiger partial charge on any atom is 0.356 e. The van der Waals surface area contributed by atoms with Gasteiger partial charge in [-0.15, -0.1) is 0 Å². The highest BCUT2D eigenvalue weighted by atomic mass is 16.5. The fourth-order valence-corrected chi connectivity index (χ4v) is 8.77. The Kier molecular flexibility index (Phi) is 5.27. The molecule has 3 N–H and O–H groups in total. The molecule has 0 aliphatic heterocycles. The van der Waals surface area contributed by atoms with Gasteiger partial charge >= 0.3 is 17.9 Å². The van der Waals surface area contributed by atoms with E-state index in [1.54, 1.807) is 0 Å². The minimum absolute atomic E-state index is 0.0209. The van der Waals surface area contributed by atoms with Crippen LogP contribution in [0.15, 0.2) is 17.7 Å². The van der Waals surface area contributed by atoms with Crippen LogP contribution in [0.3, 0.4) is 0 Å². The van der Waals surface area contributed by atoms with Crippen molar-refractivity contribution >= 4 is 24.2 Å². The number of carboxylic acid groups (broad SMARTS) is 2. The molecule has 35 heavy (non-hydrogen) atoms. The van der Waals surface area contributed by atoms with Crippen LogP contribution in [0.5, 0.6) is 0 Å². The smallest absolute Gasteiger partial charge is 0.356 e. The first-order valence-electron chi connectivity index (χ1n) is 12.4. The van der Waals surface area contributed by atoms with Crippen LogP contribution >= 0.6 is 0 Å². The first-order chi connectivity index (χ1) is 16.6. The number of carbonyl (C=O) groups excluding carboxylic acids is 2. The number of aldehydes is 1. The molecule has 5 rings (SSSR count). The van der Waals surface area contributed by atoms with Crippen molar-refractivity contribution in [3.63, 3.8) is 0 Å². The number of rotatable bonds is 8. The van der Waals surface area contributed by atoms with Gasteiger partial charge in [-0.05, 0) is 55.3 Å². The maximum atomic E-state index is 13.4. The Morgan fingerprint density at radius 2 is 2.00 bits per heavy atom. The number of nitrogens with zero attached hydrogens (tertiary/aromatic N) is 1. The Bertz CT molecular complexity index is 1140. The third kappa shape index (κ3) is 2.78. The summed E-state index contributed by atoms with van der Waals surface area (Å²) >= 11 is 0. The monoisotopic (exact) mass is 484 g/mol. The van der Waals surface area contributed by atoms with Crippen molar-refractivity contribution in [3.05, 3.63) is 29.1 Å². The molecule has 4 aliphatic rings. The Morgan fingerprint density at radius 1 is 1.26 bits per heavy atom. The third-order valence-electron chi connectivity index (χ3n) is 9.92. The summed E-state index contributed by atoms with van der Waals surface area (Å²) in [5, 5.41) is 25.9. The molecule has 0 spiro atoms. The second kappa shape index (κ2) is 7.77. The van der Waals surface area contributed by atoms with Crippen molar-refractivity contribution in [2.24, 2.45) is 45.8 Å². The number of carbonyl (C=O) groups is 4. The standard InChI is InChI=1S/C26H32N2O7/c1-13(2)18-8-15-10-25(12-29)17-5-4-14(3)16(17)11-24(15,26(18,25)23(33)34)6-7-35-22(32)20-9-19(21(30)31)27-28-20/h8-9,12-17H,4-7,10-11H2,1-3H3,(H,27,28)(H,30,31)(H,33,34)/t14-,15?,16?,17?,24?,25?,26?/m1/s1. The van der Waals surface area contributed by atoms with Crippen molar-refractivity contribution in [2.45, 2.75) is 52.9 Å². The summed E-state index contributed by atoms with van der Waals surface area (Å²) in [6, 6.07) is 1.11. The van der Waals surface area contributed by atoms with Gasteiger partial charge in [0.25, 0.3) is 0 Å². The van der Waals surface area contributed by atoms with Gasteiger partial charge in [-0.2, -0.15) is 5.10 Å². The number of esters is 1. The zero-order valence-corrected chi connectivity index (χ0v) is 20.2. The lowest BCUT2D eigenvalue weighted by Crippen LogP contribution is -2.62. The minimum atomic E-state index is -1.30. The number of H-pyrrole nitrogens is 1. The number of aromatic amines is 1. The number of hydrogen-bond acceptors (Lipinski definition) is 6. The van der Waals surface area contributed by atoms with Crippen molar-refractivity contribution in [1.29, 1.82) is 0 Å². The van der Waals surface area contributed by atoms with Gasteiger partial charge in [0.1, 0.15) is 17.4 Å². The molecule has 6 unspecified atom stereocenters. The van der Waals surface area contributed by atoms with Crippen LogP contribution in [0, 0.1) is 45.8 Å². The molecule has 9 nitrogen and oxygen atoms in total. The minimum Gasteiger partial charge on any atom is -0.481 e. The quantitative estimate of drug-likeness (QED) is 0.288. The highest BCUT2D eigenvalue weighted by molar-refractivity contribution is 5.92. The Balaban J connectivity index is 1.51. The van der Waals surface area contributed by atoms with Crippen LogP contribution in [0.25, 0.3) is 0 Å². The van der Waals surface area contributed by atoms with Gasteiger partial charge in [-0.3, -0.25) is 9.89 Å². The van der Waals surface area contributed by atoms with Crippen LogP contribution in [0.2, 0.25) is 0 Å². The van der Waals surface area contributed by atoms with Gasteiger partial charge < -0.3 is 19.7 Å². The molecule has 9 heteroatoms. The molecular weight excluding hydrogens is 452 g/mol. The fraction of sp³-hybridized carbons (Fsp3) is 0.654. The van der Waals surface area contributed by atoms with Gasteiger partial charge in [-0.25, -0.2) is 9.59 Å². The lowest BCUT2D eigenvalue weighted by molar-refractivity contribution is -0.181. The summed E-state index contributed by atoms with van der Waals surface area (Å²) in [5.41, 5.74) is -2.47. The molecule has 1 aromatic rings. The largest absolute Gasteiger partial charge is 0.481 e. The predicted molar refractivity (Wildman–Crippen MR) is 122 cm³/mol. The van der Waals surface area contributed by atoms with E-state index < -0.39 is 34.2 Å². The van der Waals surface area contributed by atoms with Crippen LogP contribution < -0.4 is 0 Å². The van der Waals surface area contributed by atoms with E-state index in [1.165, 1.54) is 0 Å². The molecular formula is C26H32N2O7. The molecule has 0 saturated heterocycles. The highest BCUT2D eigenvalue weighted by Crippen LogP contribution is 2.83. The molecule has 4 aliphatic carbocycles. The van der Waals surface area contributed by atoms with E-state index in [0.717, 1.165) is 30.8 Å². The number of aromatic nitrogens is 2. The molecule has 3 fully saturated rings. The van der Waals surface area contributed by atoms with Crippen LogP contribution in [-0.2, 0) is 14.3 Å². The molecule has 0 amide bonds. The Morgan fingerprint density at radius 3 is 2.60 bits per heavy atom. The highest BCUT2D eigenvalue weighted by Gasteiger charge is 2.83. The van der Waals surface area contributed by atoms with E-state index in [1.807, 2.05) is 13.8 Å². The summed E-state index contributed by atoms with van der Waals surface area (Å²) < 4.78 is 5.51. The number of fused-ring (bicyclic) bond motifs is 2. The average molecular weight is 485 g/mol. The van der Waals surface area contributed by atoms with E-state index in [9.17, 15) is 24.3 Å². The van der Waals surface area contributed by atoms with Crippen LogP contribution in [-0.4, -0.2) is 51.2 Å². The number of ether oxygens (including phenoxy) is 1. The first kappa shape index (κ1) is 23.8. The van der Waals surface area contributed by atoms with E-state index in [0.29, 0.717) is 25.2 Å². The van der Waals surface area contributed by atoms with Crippen LogP contribution in [0.1, 0.15) is 73.9 Å². The molecule has 188 valence electrons. The van der Waals surface area contributed by atoms with Crippen molar-refractivity contribution < 1.29 is 34.1 Å². The Hall–Kier alpha value is -2.97. The lowest BCUT2D eigenvalue weighted by atomic mass is 9.42. The number of aliphatic carboxylic acids is 1. The molecule has 1 aromatic heterocycles. The van der Waals surface area contributed by atoms with Gasteiger partial charge in [-0.1, -0.05) is 38.8 Å². The Labute approximate surface area is 203 Å². The fourth-order valence-electron chi connectivity index (χ4n) is 8.77. The van der Waals surface area contributed by atoms with E-state index in [2.05, 4.69) is 23.2 Å². The maximum absolute atomic E-state index is 13.4. The zero-order chi connectivity index (χ0) is 25.3. The SMILES string of the molecule is CC(C)C1=CC2CC3(C=O)C4CC[C@@H](C)C4CC2(CCOC(=O)c2cc(C(=O)O)n[nH]2)C13C(=O)O. The topological polar surface area (TPSA) is 147 Å². The number of aromatic carboxylic acids is 1. The summed E-state index contributed by atoms with van der Waals surface area (Å²) in [7, 11) is 0. The number of allylic oxidation sites excluding steroid dienone is 1. The second-order valence-corrected chi connectivity index (χ2v) is 11.3. The number of hydrogen-bond donors (Lipinski definition) is 3. The molecule has 3 saturated carbocycles. The summed E-state index contributed by atoms with van der Waals surface area (Å²) in [4.78, 5) is 50.0. The van der Waals surface area contributed by atoms with E-state index in [4.69, 9.17) is 9.84 Å². The van der Waals surface area contributed by atoms with Gasteiger partial charge in [0.2, 0.25) is 0 Å². The first-order valence-corrected chi connectivity index (χ1v) is 12.4. The van der Waals surface area contributed by atoms with Crippen molar-refractivity contribution in [3.8, 4) is 0 Å². The van der Waals surface area contributed by atoms with Crippen molar-refractivity contribution in [2.75, 3.05) is 6.61 Å². The molecule has 1 heterocycles. The molecule has 0 radical (unpaired) electrons. The normalized spacial score (nSPS) is 38.8.